The molecule has 3 heteroatoms. The maximum absolute atomic E-state index is 11.9. The van der Waals surface area contributed by atoms with E-state index in [9.17, 15) is 4.79 Å². The molecule has 0 saturated carbocycles. The predicted octanol–water partition coefficient (Wildman–Crippen LogP) is 3.80. The van der Waals surface area contributed by atoms with Crippen LogP contribution >= 0.6 is 11.6 Å². The Kier molecular flexibility index (Phi) is 4.36. The molecule has 1 aromatic carbocycles. The minimum Gasteiger partial charge on any atom is -0.326 e. The summed E-state index contributed by atoms with van der Waals surface area (Å²) in [5.41, 5.74) is 1.54. The number of halogens is 1. The van der Waals surface area contributed by atoms with E-state index in [2.05, 4.69) is 5.32 Å². The Bertz CT molecular complexity index is 357. The van der Waals surface area contributed by atoms with Gasteiger partial charge in [-0.2, -0.15) is 0 Å². The van der Waals surface area contributed by atoms with Crippen LogP contribution < -0.4 is 5.32 Å². The van der Waals surface area contributed by atoms with E-state index in [1.54, 1.807) is 0 Å². The van der Waals surface area contributed by atoms with Crippen LogP contribution in [0.4, 0.5) is 5.69 Å². The molecule has 0 heterocycles. The van der Waals surface area contributed by atoms with Crippen LogP contribution in [0.1, 0.15) is 32.8 Å². The highest BCUT2D eigenvalue weighted by molar-refractivity contribution is 6.17. The lowest BCUT2D eigenvalue weighted by molar-refractivity contribution is -0.124. The van der Waals surface area contributed by atoms with Crippen molar-refractivity contribution in [3.05, 3.63) is 29.8 Å². The lowest BCUT2D eigenvalue weighted by Gasteiger charge is -2.21. The summed E-state index contributed by atoms with van der Waals surface area (Å²) in [4.78, 5) is 11.9. The van der Waals surface area contributed by atoms with Gasteiger partial charge in [0.15, 0.2) is 0 Å². The quantitative estimate of drug-likeness (QED) is 0.796. The SMILES string of the molecule is CCC(C)(C)C(=O)Nc1ccc(CCl)cc1. The van der Waals surface area contributed by atoms with Gasteiger partial charge in [-0.25, -0.2) is 0 Å². The zero-order chi connectivity index (χ0) is 12.2. The Morgan fingerprint density at radius 3 is 2.31 bits per heavy atom. The number of benzene rings is 1. The van der Waals surface area contributed by atoms with Crippen LogP contribution in [-0.2, 0) is 10.7 Å². The highest BCUT2D eigenvalue weighted by Crippen LogP contribution is 2.22. The standard InChI is InChI=1S/C13H18ClNO/c1-4-13(2,3)12(16)15-11-7-5-10(9-14)6-8-11/h5-8H,4,9H2,1-3H3,(H,15,16). The number of carbonyl (C=O) groups is 1. The zero-order valence-corrected chi connectivity index (χ0v) is 10.8. The van der Waals surface area contributed by atoms with Gasteiger partial charge in [0.2, 0.25) is 5.91 Å². The fourth-order valence-electron chi connectivity index (χ4n) is 1.14. The first-order valence-corrected chi connectivity index (χ1v) is 5.99. The molecule has 0 aromatic heterocycles. The molecule has 1 rings (SSSR count). The minimum atomic E-state index is -0.328. The molecule has 0 fully saturated rings. The number of anilines is 1. The Labute approximate surface area is 102 Å². The summed E-state index contributed by atoms with van der Waals surface area (Å²) in [5.74, 6) is 0.544. The molecule has 88 valence electrons. The van der Waals surface area contributed by atoms with Crippen molar-refractivity contribution >= 4 is 23.2 Å². The summed E-state index contributed by atoms with van der Waals surface area (Å²) in [6.07, 6.45) is 0.818. The number of carbonyl (C=O) groups excluding carboxylic acids is 1. The van der Waals surface area contributed by atoms with Gasteiger partial charge in [-0.05, 0) is 24.1 Å². The Balaban J connectivity index is 2.70. The fraction of sp³-hybridized carbons (Fsp3) is 0.462. The molecule has 1 aromatic rings. The largest absolute Gasteiger partial charge is 0.326 e. The number of alkyl halides is 1. The first-order chi connectivity index (χ1) is 7.49. The first kappa shape index (κ1) is 13.0. The molecule has 0 aliphatic heterocycles. The molecule has 0 radical (unpaired) electrons. The summed E-state index contributed by atoms with van der Waals surface area (Å²) in [5, 5.41) is 2.90. The van der Waals surface area contributed by atoms with E-state index in [1.807, 2.05) is 45.0 Å². The van der Waals surface area contributed by atoms with Crippen molar-refractivity contribution in [2.45, 2.75) is 33.1 Å². The molecule has 2 nitrogen and oxygen atoms in total. The Morgan fingerprint density at radius 1 is 1.31 bits per heavy atom. The van der Waals surface area contributed by atoms with Gasteiger partial charge >= 0.3 is 0 Å². The predicted molar refractivity (Wildman–Crippen MR) is 68.7 cm³/mol. The molecule has 0 unspecified atom stereocenters. The van der Waals surface area contributed by atoms with Crippen LogP contribution in [0.2, 0.25) is 0 Å². The van der Waals surface area contributed by atoms with Crippen molar-refractivity contribution in [1.29, 1.82) is 0 Å². The summed E-state index contributed by atoms with van der Waals surface area (Å²) >= 11 is 5.69. The molecule has 0 spiro atoms. The molecule has 0 aliphatic rings. The zero-order valence-electron chi connectivity index (χ0n) is 10.0. The topological polar surface area (TPSA) is 29.1 Å². The second-order valence-corrected chi connectivity index (χ2v) is 4.79. The summed E-state index contributed by atoms with van der Waals surface area (Å²) in [6.45, 7) is 5.89. The van der Waals surface area contributed by atoms with Crippen LogP contribution in [0.25, 0.3) is 0 Å². The van der Waals surface area contributed by atoms with Crippen molar-refractivity contribution in [3.8, 4) is 0 Å². The average molecular weight is 240 g/mol. The summed E-state index contributed by atoms with van der Waals surface area (Å²) in [6, 6.07) is 7.59. The van der Waals surface area contributed by atoms with E-state index in [1.165, 1.54) is 0 Å². The van der Waals surface area contributed by atoms with Crippen molar-refractivity contribution in [2.24, 2.45) is 5.41 Å². The van der Waals surface area contributed by atoms with Gasteiger partial charge in [0, 0.05) is 17.0 Å². The van der Waals surface area contributed by atoms with Crippen LogP contribution in [0.3, 0.4) is 0 Å². The van der Waals surface area contributed by atoms with E-state index < -0.39 is 0 Å². The van der Waals surface area contributed by atoms with Gasteiger partial charge < -0.3 is 5.32 Å². The third kappa shape index (κ3) is 3.24. The van der Waals surface area contributed by atoms with Gasteiger partial charge in [0.05, 0.1) is 0 Å². The van der Waals surface area contributed by atoms with Crippen LogP contribution in [0.15, 0.2) is 24.3 Å². The van der Waals surface area contributed by atoms with Crippen LogP contribution in [0.5, 0.6) is 0 Å². The molecule has 0 saturated heterocycles. The van der Waals surface area contributed by atoms with Gasteiger partial charge in [-0.3, -0.25) is 4.79 Å². The highest BCUT2D eigenvalue weighted by Gasteiger charge is 2.24. The second kappa shape index (κ2) is 5.35. The normalized spacial score (nSPS) is 11.2. The van der Waals surface area contributed by atoms with E-state index in [0.29, 0.717) is 5.88 Å². The van der Waals surface area contributed by atoms with E-state index in [0.717, 1.165) is 17.7 Å². The Hall–Kier alpha value is -1.02. The second-order valence-electron chi connectivity index (χ2n) is 4.52. The average Bonchev–Trinajstić information content (AvgIpc) is 2.30. The number of amides is 1. The maximum Gasteiger partial charge on any atom is 0.230 e. The molecule has 0 aliphatic carbocycles. The first-order valence-electron chi connectivity index (χ1n) is 5.46. The number of rotatable bonds is 4. The summed E-state index contributed by atoms with van der Waals surface area (Å²) in [7, 11) is 0. The molecule has 16 heavy (non-hydrogen) atoms. The lowest BCUT2D eigenvalue weighted by Crippen LogP contribution is -2.29. The summed E-state index contributed by atoms with van der Waals surface area (Å²) < 4.78 is 0. The van der Waals surface area contributed by atoms with Crippen molar-refractivity contribution < 1.29 is 4.79 Å². The van der Waals surface area contributed by atoms with E-state index in [4.69, 9.17) is 11.6 Å². The molecular weight excluding hydrogens is 222 g/mol. The molecule has 1 N–H and O–H groups in total. The van der Waals surface area contributed by atoms with Crippen LogP contribution in [0, 0.1) is 5.41 Å². The minimum absolute atomic E-state index is 0.0497. The molecular formula is C13H18ClNO. The number of hydrogen-bond acceptors (Lipinski definition) is 1. The van der Waals surface area contributed by atoms with Gasteiger partial charge in [0.1, 0.15) is 0 Å². The van der Waals surface area contributed by atoms with E-state index >= 15 is 0 Å². The van der Waals surface area contributed by atoms with Crippen molar-refractivity contribution in [1.82, 2.24) is 0 Å². The molecule has 0 bridgehead atoms. The lowest BCUT2D eigenvalue weighted by atomic mass is 9.89. The fourth-order valence-corrected chi connectivity index (χ4v) is 1.32. The maximum atomic E-state index is 11.9. The van der Waals surface area contributed by atoms with Crippen molar-refractivity contribution in [2.75, 3.05) is 5.32 Å². The Morgan fingerprint density at radius 2 is 1.88 bits per heavy atom. The highest BCUT2D eigenvalue weighted by atomic mass is 35.5. The van der Waals surface area contributed by atoms with Gasteiger partial charge in [-0.1, -0.05) is 32.9 Å². The van der Waals surface area contributed by atoms with E-state index in [-0.39, 0.29) is 11.3 Å². The van der Waals surface area contributed by atoms with Crippen molar-refractivity contribution in [3.63, 3.8) is 0 Å². The number of hydrogen-bond donors (Lipinski definition) is 1. The number of nitrogens with one attached hydrogen (secondary N) is 1. The molecule has 1 amide bonds. The third-order valence-corrected chi connectivity index (χ3v) is 3.17. The molecule has 0 atom stereocenters. The van der Waals surface area contributed by atoms with Crippen LogP contribution in [-0.4, -0.2) is 5.91 Å². The van der Waals surface area contributed by atoms with Gasteiger partial charge in [0.25, 0.3) is 0 Å². The smallest absolute Gasteiger partial charge is 0.230 e. The monoisotopic (exact) mass is 239 g/mol. The van der Waals surface area contributed by atoms with Gasteiger partial charge in [-0.15, -0.1) is 11.6 Å². The third-order valence-electron chi connectivity index (χ3n) is 2.86.